The fraction of sp³-hybridized carbons (Fsp3) is 0.889. The van der Waals surface area contributed by atoms with E-state index in [0.29, 0.717) is 12.0 Å². The normalized spacial score (nSPS) is 34.5. The van der Waals surface area contributed by atoms with E-state index in [4.69, 9.17) is 5.73 Å². The predicted octanol–water partition coefficient (Wildman–Crippen LogP) is 4.01. The molecule has 3 N–H and O–H groups in total. The number of nitrogens with two attached hydrogens (primary N) is 1. The van der Waals surface area contributed by atoms with Crippen LogP contribution in [-0.4, -0.2) is 17.1 Å². The molecule has 0 aromatic rings. The van der Waals surface area contributed by atoms with Crippen molar-refractivity contribution in [2.75, 3.05) is 0 Å². The zero-order valence-corrected chi connectivity index (χ0v) is 14.0. The number of rotatable bonds is 4. The average Bonchev–Trinajstić information content (AvgIpc) is 2.65. The number of nitrogens with one attached hydrogen (secondary N) is 1. The summed E-state index contributed by atoms with van der Waals surface area (Å²) in [5.41, 5.74) is 7.74. The first-order chi connectivity index (χ1) is 9.25. The second-order valence-corrected chi connectivity index (χ2v) is 8.07. The van der Waals surface area contributed by atoms with Crippen molar-refractivity contribution < 1.29 is 0 Å². The maximum Gasteiger partial charge on any atom is 0.0411 e. The molecule has 0 spiro atoms. The zero-order valence-electron chi connectivity index (χ0n) is 14.0. The molecule has 2 heteroatoms. The fourth-order valence-electron chi connectivity index (χ4n) is 3.92. The van der Waals surface area contributed by atoms with Gasteiger partial charge in [0, 0.05) is 17.1 Å². The van der Waals surface area contributed by atoms with Gasteiger partial charge in [0.1, 0.15) is 0 Å². The highest BCUT2D eigenvalue weighted by atomic mass is 15.1. The van der Waals surface area contributed by atoms with Gasteiger partial charge in [-0.15, -0.1) is 0 Å². The minimum atomic E-state index is -0.101. The largest absolute Gasteiger partial charge is 0.325 e. The summed E-state index contributed by atoms with van der Waals surface area (Å²) >= 11 is 0. The van der Waals surface area contributed by atoms with Gasteiger partial charge in [-0.05, 0) is 57.4 Å². The van der Waals surface area contributed by atoms with Gasteiger partial charge >= 0.3 is 0 Å². The summed E-state index contributed by atoms with van der Waals surface area (Å²) in [6, 6.07) is 0.473. The molecule has 2 fully saturated rings. The molecule has 1 aliphatic carbocycles. The summed E-state index contributed by atoms with van der Waals surface area (Å²) in [5.74, 6) is 1.30. The third-order valence-electron chi connectivity index (χ3n) is 6.09. The van der Waals surface area contributed by atoms with Gasteiger partial charge in [-0.25, -0.2) is 0 Å². The molecule has 3 atom stereocenters. The molecular formula is C18H34N2. The van der Waals surface area contributed by atoms with Crippen molar-refractivity contribution in [1.82, 2.24) is 5.32 Å². The lowest BCUT2D eigenvalue weighted by molar-refractivity contribution is 0.134. The second kappa shape index (κ2) is 5.81. The Morgan fingerprint density at radius 2 is 1.85 bits per heavy atom. The van der Waals surface area contributed by atoms with E-state index >= 15 is 0 Å². The summed E-state index contributed by atoms with van der Waals surface area (Å²) in [5, 5.41) is 3.85. The van der Waals surface area contributed by atoms with Gasteiger partial charge in [0.05, 0.1) is 0 Å². The van der Waals surface area contributed by atoms with Gasteiger partial charge in [-0.1, -0.05) is 39.2 Å². The van der Waals surface area contributed by atoms with Crippen molar-refractivity contribution >= 4 is 0 Å². The Morgan fingerprint density at radius 1 is 1.30 bits per heavy atom. The second-order valence-electron chi connectivity index (χ2n) is 8.07. The summed E-state index contributed by atoms with van der Waals surface area (Å²) in [7, 11) is 0. The number of hydrogen-bond donors (Lipinski definition) is 2. The highest BCUT2D eigenvalue weighted by Crippen LogP contribution is 2.44. The Morgan fingerprint density at radius 3 is 2.30 bits per heavy atom. The van der Waals surface area contributed by atoms with Crippen LogP contribution >= 0.6 is 0 Å². The first-order valence-electron chi connectivity index (χ1n) is 8.51. The number of hydrogen-bond acceptors (Lipinski definition) is 2. The molecular weight excluding hydrogens is 244 g/mol. The van der Waals surface area contributed by atoms with E-state index in [0.717, 1.165) is 12.3 Å². The minimum absolute atomic E-state index is 0.101. The quantitative estimate of drug-likeness (QED) is 0.602. The zero-order chi connectivity index (χ0) is 15.0. The van der Waals surface area contributed by atoms with Crippen LogP contribution in [0.3, 0.4) is 0 Å². The van der Waals surface area contributed by atoms with E-state index in [2.05, 4.69) is 39.6 Å². The topological polar surface area (TPSA) is 38.0 Å². The van der Waals surface area contributed by atoms with Gasteiger partial charge in [0.15, 0.2) is 0 Å². The van der Waals surface area contributed by atoms with Crippen LogP contribution in [0.2, 0.25) is 0 Å². The van der Waals surface area contributed by atoms with Crippen molar-refractivity contribution in [3.8, 4) is 0 Å². The van der Waals surface area contributed by atoms with E-state index < -0.39 is 0 Å². The van der Waals surface area contributed by atoms with Crippen LogP contribution in [-0.2, 0) is 0 Å². The Labute approximate surface area is 125 Å². The smallest absolute Gasteiger partial charge is 0.0411 e. The Hall–Kier alpha value is -0.340. The molecule has 116 valence electrons. The molecule has 2 aliphatic rings. The molecule has 2 rings (SSSR count). The van der Waals surface area contributed by atoms with Crippen molar-refractivity contribution in [3.63, 3.8) is 0 Å². The molecule has 0 radical (unpaired) electrons. The van der Waals surface area contributed by atoms with E-state index in [-0.39, 0.29) is 11.1 Å². The maximum absolute atomic E-state index is 6.23. The van der Waals surface area contributed by atoms with Gasteiger partial charge < -0.3 is 11.1 Å². The molecule has 1 aliphatic heterocycles. The van der Waals surface area contributed by atoms with Crippen LogP contribution < -0.4 is 11.1 Å². The first kappa shape index (κ1) is 16.0. The van der Waals surface area contributed by atoms with E-state index in [1.807, 2.05) is 0 Å². The Bertz CT molecular complexity index is 347. The molecule has 0 aromatic carbocycles. The van der Waals surface area contributed by atoms with Gasteiger partial charge in [0.2, 0.25) is 0 Å². The SMILES string of the molecule is C=C1C(CC(C)C(C)(C)N)NC1(C)C1CCCCCC1. The highest BCUT2D eigenvalue weighted by molar-refractivity contribution is 5.33. The summed E-state index contributed by atoms with van der Waals surface area (Å²) in [4.78, 5) is 0. The highest BCUT2D eigenvalue weighted by Gasteiger charge is 2.49. The standard InChI is InChI=1S/C18H34N2/c1-13(17(3,4)19)12-16-14(2)18(5,20-16)15-10-8-6-7-9-11-15/h13,15-16,20H,2,6-12,19H2,1,3-5H3. The van der Waals surface area contributed by atoms with Gasteiger partial charge in [-0.2, -0.15) is 0 Å². The molecule has 1 saturated heterocycles. The van der Waals surface area contributed by atoms with Crippen LogP contribution in [0.5, 0.6) is 0 Å². The Balaban J connectivity index is 1.93. The van der Waals surface area contributed by atoms with E-state index in [1.54, 1.807) is 0 Å². The molecule has 2 nitrogen and oxygen atoms in total. The third-order valence-corrected chi connectivity index (χ3v) is 6.09. The molecule has 3 unspecified atom stereocenters. The van der Waals surface area contributed by atoms with Crippen LogP contribution in [0.4, 0.5) is 0 Å². The monoisotopic (exact) mass is 278 g/mol. The van der Waals surface area contributed by atoms with Crippen molar-refractivity contribution in [2.24, 2.45) is 17.6 Å². The van der Waals surface area contributed by atoms with Crippen LogP contribution in [0, 0.1) is 11.8 Å². The lowest BCUT2D eigenvalue weighted by Gasteiger charge is -2.55. The minimum Gasteiger partial charge on any atom is -0.325 e. The molecule has 0 bridgehead atoms. The van der Waals surface area contributed by atoms with Crippen molar-refractivity contribution in [2.45, 2.75) is 89.8 Å². The lowest BCUT2D eigenvalue weighted by Crippen LogP contribution is -2.68. The molecule has 0 amide bonds. The predicted molar refractivity (Wildman–Crippen MR) is 87.7 cm³/mol. The van der Waals surface area contributed by atoms with E-state index in [1.165, 1.54) is 44.1 Å². The van der Waals surface area contributed by atoms with Gasteiger partial charge in [0.25, 0.3) is 0 Å². The third kappa shape index (κ3) is 3.12. The lowest BCUT2D eigenvalue weighted by atomic mass is 9.65. The summed E-state index contributed by atoms with van der Waals surface area (Å²) in [6.45, 7) is 13.3. The molecule has 20 heavy (non-hydrogen) atoms. The summed E-state index contributed by atoms with van der Waals surface area (Å²) < 4.78 is 0. The van der Waals surface area contributed by atoms with Crippen LogP contribution in [0.15, 0.2) is 12.2 Å². The van der Waals surface area contributed by atoms with Crippen LogP contribution in [0.1, 0.15) is 72.6 Å². The molecule has 1 saturated carbocycles. The average molecular weight is 278 g/mol. The van der Waals surface area contributed by atoms with Crippen molar-refractivity contribution in [1.29, 1.82) is 0 Å². The fourth-order valence-corrected chi connectivity index (χ4v) is 3.92. The molecule has 0 aromatic heterocycles. The Kier molecular flexibility index (Phi) is 4.66. The summed E-state index contributed by atoms with van der Waals surface area (Å²) in [6.07, 6.45) is 9.48. The first-order valence-corrected chi connectivity index (χ1v) is 8.51. The van der Waals surface area contributed by atoms with E-state index in [9.17, 15) is 0 Å². The maximum atomic E-state index is 6.23. The molecule has 1 heterocycles. The van der Waals surface area contributed by atoms with Crippen LogP contribution in [0.25, 0.3) is 0 Å². The van der Waals surface area contributed by atoms with Crippen molar-refractivity contribution in [3.05, 3.63) is 12.2 Å². The van der Waals surface area contributed by atoms with Gasteiger partial charge in [-0.3, -0.25) is 0 Å².